The topological polar surface area (TPSA) is 44.8 Å². The predicted octanol–water partition coefficient (Wildman–Crippen LogP) is 2.40. The second-order valence-corrected chi connectivity index (χ2v) is 5.96. The summed E-state index contributed by atoms with van der Waals surface area (Å²) in [5.74, 6) is -0.805. The molecule has 4 nitrogen and oxygen atoms in total. The smallest absolute Gasteiger partial charge is 0.316 e. The molecule has 1 spiro atoms. The van der Waals surface area contributed by atoms with Gasteiger partial charge in [0, 0.05) is 17.3 Å². The first-order chi connectivity index (χ1) is 9.10. The van der Waals surface area contributed by atoms with Crippen LogP contribution in [-0.2, 0) is 24.4 Å². The van der Waals surface area contributed by atoms with Gasteiger partial charge in [-0.25, -0.2) is 0 Å². The first-order valence-electron chi connectivity index (χ1n) is 6.23. The molecule has 1 aromatic rings. The summed E-state index contributed by atoms with van der Waals surface area (Å²) in [5.41, 5.74) is 0.312. The van der Waals surface area contributed by atoms with Crippen LogP contribution in [0.1, 0.15) is 18.4 Å². The molecule has 0 aromatic heterocycles. The minimum atomic E-state index is -0.639. The van der Waals surface area contributed by atoms with E-state index in [2.05, 4.69) is 15.9 Å². The maximum absolute atomic E-state index is 12.2. The highest BCUT2D eigenvalue weighted by Crippen LogP contribution is 2.55. The Kier molecular flexibility index (Phi) is 3.15. The van der Waals surface area contributed by atoms with E-state index in [9.17, 15) is 4.79 Å². The number of hydrogen-bond acceptors (Lipinski definition) is 4. The maximum atomic E-state index is 12.2. The average molecular weight is 327 g/mol. The molecule has 0 atom stereocenters. The molecule has 2 fully saturated rings. The lowest BCUT2D eigenvalue weighted by Gasteiger charge is -2.50. The zero-order valence-electron chi connectivity index (χ0n) is 10.6. The molecule has 1 aliphatic heterocycles. The molecule has 0 bridgehead atoms. The Morgan fingerprint density at radius 2 is 1.79 bits per heavy atom. The largest absolute Gasteiger partial charge is 0.468 e. The van der Waals surface area contributed by atoms with Gasteiger partial charge >= 0.3 is 5.97 Å². The Balaban J connectivity index is 1.91. The summed E-state index contributed by atoms with van der Waals surface area (Å²) in [6.07, 6.45) is 1.04. The molecule has 1 aromatic carbocycles. The van der Waals surface area contributed by atoms with Crippen molar-refractivity contribution in [1.82, 2.24) is 0 Å². The van der Waals surface area contributed by atoms with Gasteiger partial charge in [-0.1, -0.05) is 28.1 Å². The maximum Gasteiger partial charge on any atom is 0.316 e. The number of halogens is 1. The fraction of sp³-hybridized carbons (Fsp3) is 0.500. The number of carbonyl (C=O) groups is 1. The number of ether oxygens (including phenoxy) is 3. The molecule has 1 heterocycles. The minimum Gasteiger partial charge on any atom is -0.468 e. The van der Waals surface area contributed by atoms with Crippen molar-refractivity contribution < 1.29 is 19.0 Å². The lowest BCUT2D eigenvalue weighted by molar-refractivity contribution is -0.244. The SMILES string of the molecule is COC(=O)C1(c2ccc(Br)cc2)CC2(C1)OCCO2. The molecule has 3 rings (SSSR count). The van der Waals surface area contributed by atoms with Gasteiger partial charge in [0.25, 0.3) is 0 Å². The third-order valence-electron chi connectivity index (χ3n) is 3.93. The minimum absolute atomic E-state index is 0.223. The lowest BCUT2D eigenvalue weighted by atomic mass is 9.60. The van der Waals surface area contributed by atoms with E-state index in [-0.39, 0.29) is 5.97 Å². The number of benzene rings is 1. The summed E-state index contributed by atoms with van der Waals surface area (Å²) in [5, 5.41) is 0. The molecular weight excluding hydrogens is 312 g/mol. The molecule has 2 aliphatic rings. The van der Waals surface area contributed by atoms with Gasteiger partial charge in [-0.05, 0) is 17.7 Å². The van der Waals surface area contributed by atoms with Crippen LogP contribution in [0.4, 0.5) is 0 Å². The van der Waals surface area contributed by atoms with Gasteiger partial charge < -0.3 is 14.2 Å². The molecule has 0 radical (unpaired) electrons. The third kappa shape index (κ3) is 2.00. The number of rotatable bonds is 2. The van der Waals surface area contributed by atoms with Gasteiger partial charge in [0.2, 0.25) is 0 Å². The summed E-state index contributed by atoms with van der Waals surface area (Å²) < 4.78 is 17.2. The van der Waals surface area contributed by atoms with E-state index in [0.717, 1.165) is 10.0 Å². The van der Waals surface area contributed by atoms with Gasteiger partial charge in [0.15, 0.2) is 5.79 Å². The van der Waals surface area contributed by atoms with Crippen LogP contribution in [0.15, 0.2) is 28.7 Å². The van der Waals surface area contributed by atoms with E-state index in [1.807, 2.05) is 24.3 Å². The fourth-order valence-corrected chi connectivity index (χ4v) is 3.26. The van der Waals surface area contributed by atoms with E-state index >= 15 is 0 Å². The standard InChI is InChI=1S/C14H15BrO4/c1-17-12(16)13(10-2-4-11(15)5-3-10)8-14(9-13)18-6-7-19-14/h2-5H,6-9H2,1H3. The summed E-state index contributed by atoms with van der Waals surface area (Å²) >= 11 is 3.40. The van der Waals surface area contributed by atoms with Crippen molar-refractivity contribution in [3.8, 4) is 0 Å². The number of esters is 1. The number of methoxy groups -OCH3 is 1. The Labute approximate surface area is 120 Å². The van der Waals surface area contributed by atoms with E-state index in [4.69, 9.17) is 14.2 Å². The Bertz CT molecular complexity index is 483. The third-order valence-corrected chi connectivity index (χ3v) is 4.46. The highest BCUT2D eigenvalue weighted by Gasteiger charge is 2.63. The van der Waals surface area contributed by atoms with E-state index < -0.39 is 11.2 Å². The number of hydrogen-bond donors (Lipinski definition) is 0. The van der Waals surface area contributed by atoms with Crippen molar-refractivity contribution in [2.45, 2.75) is 24.0 Å². The zero-order chi connectivity index (χ0) is 13.5. The van der Waals surface area contributed by atoms with E-state index in [1.165, 1.54) is 7.11 Å². The molecule has 1 saturated heterocycles. The molecule has 5 heteroatoms. The molecule has 0 N–H and O–H groups in total. The normalized spacial score (nSPS) is 23.1. The molecule has 102 valence electrons. The van der Waals surface area contributed by atoms with E-state index in [1.54, 1.807) is 0 Å². The van der Waals surface area contributed by atoms with Gasteiger partial charge in [0.1, 0.15) is 5.41 Å². The van der Waals surface area contributed by atoms with Crippen LogP contribution < -0.4 is 0 Å². The molecule has 1 saturated carbocycles. The number of carbonyl (C=O) groups excluding carboxylic acids is 1. The van der Waals surface area contributed by atoms with Gasteiger partial charge in [-0.2, -0.15) is 0 Å². The molecule has 1 aliphatic carbocycles. The van der Waals surface area contributed by atoms with Crippen molar-refractivity contribution in [3.05, 3.63) is 34.3 Å². The van der Waals surface area contributed by atoms with Crippen LogP contribution in [0, 0.1) is 0 Å². The summed E-state index contributed by atoms with van der Waals surface area (Å²) in [6.45, 7) is 1.19. The van der Waals surface area contributed by atoms with Gasteiger partial charge in [0.05, 0.1) is 20.3 Å². The Morgan fingerprint density at radius 1 is 1.21 bits per heavy atom. The van der Waals surface area contributed by atoms with Crippen molar-refractivity contribution in [2.24, 2.45) is 0 Å². The van der Waals surface area contributed by atoms with Crippen molar-refractivity contribution in [2.75, 3.05) is 20.3 Å². The molecular formula is C14H15BrO4. The van der Waals surface area contributed by atoms with Crippen LogP contribution >= 0.6 is 15.9 Å². The molecule has 19 heavy (non-hydrogen) atoms. The van der Waals surface area contributed by atoms with Crippen LogP contribution in [0.3, 0.4) is 0 Å². The van der Waals surface area contributed by atoms with Crippen LogP contribution in [0.5, 0.6) is 0 Å². The highest BCUT2D eigenvalue weighted by molar-refractivity contribution is 9.10. The fourth-order valence-electron chi connectivity index (χ4n) is 3.00. The van der Waals surface area contributed by atoms with E-state index in [0.29, 0.717) is 26.1 Å². The summed E-state index contributed by atoms with van der Waals surface area (Å²) in [4.78, 5) is 12.2. The van der Waals surface area contributed by atoms with Gasteiger partial charge in [-0.15, -0.1) is 0 Å². The lowest BCUT2D eigenvalue weighted by Crippen LogP contribution is -2.59. The second kappa shape index (κ2) is 4.58. The quantitative estimate of drug-likeness (QED) is 0.783. The molecule has 0 unspecified atom stereocenters. The zero-order valence-corrected chi connectivity index (χ0v) is 12.2. The summed E-state index contributed by atoms with van der Waals surface area (Å²) in [7, 11) is 1.42. The van der Waals surface area contributed by atoms with Crippen molar-refractivity contribution in [1.29, 1.82) is 0 Å². The van der Waals surface area contributed by atoms with Gasteiger partial charge in [-0.3, -0.25) is 4.79 Å². The van der Waals surface area contributed by atoms with Crippen LogP contribution in [0.2, 0.25) is 0 Å². The highest BCUT2D eigenvalue weighted by atomic mass is 79.9. The Morgan fingerprint density at radius 3 is 2.32 bits per heavy atom. The Hall–Kier alpha value is -0.910. The summed E-state index contributed by atoms with van der Waals surface area (Å²) in [6, 6.07) is 7.76. The predicted molar refractivity (Wildman–Crippen MR) is 71.7 cm³/mol. The monoisotopic (exact) mass is 326 g/mol. The first kappa shape index (κ1) is 13.1. The van der Waals surface area contributed by atoms with Crippen molar-refractivity contribution in [3.63, 3.8) is 0 Å². The first-order valence-corrected chi connectivity index (χ1v) is 7.02. The second-order valence-electron chi connectivity index (χ2n) is 5.04. The van der Waals surface area contributed by atoms with Crippen LogP contribution in [0.25, 0.3) is 0 Å². The average Bonchev–Trinajstić information content (AvgIpc) is 2.86. The van der Waals surface area contributed by atoms with Crippen LogP contribution in [-0.4, -0.2) is 32.1 Å². The van der Waals surface area contributed by atoms with Crippen molar-refractivity contribution >= 4 is 21.9 Å². The molecule has 0 amide bonds.